The molecule has 2 N–H and O–H groups in total. The Morgan fingerprint density at radius 2 is 1.76 bits per heavy atom. The molecule has 1 aromatic heterocycles. The molecular formula is C27H31N5O5. The molecule has 1 fully saturated rings. The summed E-state index contributed by atoms with van der Waals surface area (Å²) in [6, 6.07) is 14.2. The van der Waals surface area contributed by atoms with E-state index in [2.05, 4.69) is 10.4 Å². The summed E-state index contributed by atoms with van der Waals surface area (Å²) in [5.74, 6) is 0.850. The van der Waals surface area contributed by atoms with Crippen molar-refractivity contribution in [1.82, 2.24) is 14.7 Å². The van der Waals surface area contributed by atoms with Gasteiger partial charge in [-0.2, -0.15) is 0 Å². The number of amides is 2. The number of aromatic nitrogens is 2. The van der Waals surface area contributed by atoms with Crippen LogP contribution >= 0.6 is 0 Å². The summed E-state index contributed by atoms with van der Waals surface area (Å²) in [7, 11) is 3.16. The summed E-state index contributed by atoms with van der Waals surface area (Å²) >= 11 is 0. The maximum atomic E-state index is 13.7. The minimum absolute atomic E-state index is 0.129. The molecule has 0 bridgehead atoms. The van der Waals surface area contributed by atoms with Crippen molar-refractivity contribution in [3.05, 3.63) is 59.8 Å². The Morgan fingerprint density at radius 3 is 2.38 bits per heavy atom. The fourth-order valence-corrected chi connectivity index (χ4v) is 4.91. The van der Waals surface area contributed by atoms with Crippen LogP contribution in [0.2, 0.25) is 0 Å². The number of benzene rings is 2. The average molecular weight is 506 g/mol. The van der Waals surface area contributed by atoms with Crippen LogP contribution in [-0.2, 0) is 11.2 Å². The predicted octanol–water partition coefficient (Wildman–Crippen LogP) is 2.49. The Hall–Kier alpha value is -3.89. The van der Waals surface area contributed by atoms with Crippen molar-refractivity contribution < 1.29 is 24.2 Å². The number of aliphatic hydroxyl groups is 1. The second-order valence-corrected chi connectivity index (χ2v) is 9.30. The van der Waals surface area contributed by atoms with Crippen molar-refractivity contribution in [3.8, 4) is 17.3 Å². The number of nitrogens with zero attached hydrogens (tertiary/aromatic N) is 4. The third kappa shape index (κ3) is 4.77. The number of carbonyl (C=O) groups excluding carboxylic acids is 2. The van der Waals surface area contributed by atoms with Gasteiger partial charge >= 0.3 is 0 Å². The molecule has 0 aliphatic carbocycles. The Labute approximate surface area is 215 Å². The fourth-order valence-electron chi connectivity index (χ4n) is 4.91. The van der Waals surface area contributed by atoms with Gasteiger partial charge in [0.05, 0.1) is 32.1 Å². The van der Waals surface area contributed by atoms with Crippen LogP contribution < -0.4 is 19.7 Å². The molecule has 194 valence electrons. The summed E-state index contributed by atoms with van der Waals surface area (Å²) in [6.07, 6.45) is 0.900. The monoisotopic (exact) mass is 505 g/mol. The van der Waals surface area contributed by atoms with Crippen LogP contribution in [0.15, 0.2) is 48.5 Å². The number of methoxy groups -OCH3 is 2. The number of fused-ring (bicyclic) bond motifs is 1. The molecule has 3 heterocycles. The third-order valence-electron chi connectivity index (χ3n) is 7.06. The zero-order valence-corrected chi connectivity index (χ0v) is 21.2. The van der Waals surface area contributed by atoms with Gasteiger partial charge in [-0.05, 0) is 68.3 Å². The first kappa shape index (κ1) is 24.8. The molecule has 2 aromatic carbocycles. The van der Waals surface area contributed by atoms with Crippen LogP contribution in [0, 0.1) is 0 Å². The van der Waals surface area contributed by atoms with Gasteiger partial charge in [0.15, 0.2) is 0 Å². The van der Waals surface area contributed by atoms with Crippen LogP contribution in [0.25, 0.3) is 5.69 Å². The van der Waals surface area contributed by atoms with Crippen LogP contribution in [0.5, 0.6) is 11.6 Å². The first-order valence-corrected chi connectivity index (χ1v) is 12.3. The van der Waals surface area contributed by atoms with Crippen molar-refractivity contribution in [2.75, 3.05) is 44.1 Å². The molecule has 2 aliphatic heterocycles. The number of carbonyl (C=O) groups is 2. The lowest BCUT2D eigenvalue weighted by Crippen LogP contribution is -2.41. The molecule has 1 saturated heterocycles. The van der Waals surface area contributed by atoms with Crippen molar-refractivity contribution in [3.63, 3.8) is 0 Å². The molecule has 10 heteroatoms. The van der Waals surface area contributed by atoms with Crippen LogP contribution in [0.4, 0.5) is 11.4 Å². The van der Waals surface area contributed by atoms with Crippen molar-refractivity contribution in [2.45, 2.75) is 31.9 Å². The quantitative estimate of drug-likeness (QED) is 0.508. The number of β-amino-alcohol motifs (C(OH)–C–C–N with tert-alkyl or cyclic N) is 1. The van der Waals surface area contributed by atoms with E-state index in [4.69, 9.17) is 9.47 Å². The number of ether oxygens (including phenoxy) is 2. The smallest absolute Gasteiger partial charge is 0.277 e. The molecule has 5 rings (SSSR count). The normalized spacial score (nSPS) is 18.4. The maximum Gasteiger partial charge on any atom is 0.277 e. The fraction of sp³-hybridized carbons (Fsp3) is 0.370. The summed E-state index contributed by atoms with van der Waals surface area (Å²) < 4.78 is 12.3. The molecule has 2 amide bonds. The van der Waals surface area contributed by atoms with E-state index in [0.717, 1.165) is 16.9 Å². The average Bonchev–Trinajstić information content (AvgIpc) is 3.53. The van der Waals surface area contributed by atoms with E-state index in [9.17, 15) is 14.7 Å². The standard InChI is InChI=1S/C27H31N5O5/c1-17(30-14-12-21(33)16-30)25(34)28-18-4-6-19(7-5-18)31-15-13-23-24(27(31)35)32(29-26(23)37-3)20-8-10-22(36-2)11-9-20/h4-11,17,21,33H,12-16H2,1-3H3,(H,28,34). The van der Waals surface area contributed by atoms with E-state index in [-0.39, 0.29) is 24.0 Å². The number of aliphatic hydroxyl groups excluding tert-OH is 1. The minimum atomic E-state index is -0.377. The first-order chi connectivity index (χ1) is 17.9. The number of likely N-dealkylation sites (tertiary alicyclic amines) is 1. The Kier molecular flexibility index (Phi) is 6.86. The molecule has 37 heavy (non-hydrogen) atoms. The van der Waals surface area contributed by atoms with E-state index in [1.54, 1.807) is 35.9 Å². The molecule has 2 unspecified atom stereocenters. The highest BCUT2D eigenvalue weighted by Gasteiger charge is 2.34. The van der Waals surface area contributed by atoms with Gasteiger partial charge < -0.3 is 24.8 Å². The van der Waals surface area contributed by atoms with Crippen molar-refractivity contribution in [1.29, 1.82) is 0 Å². The number of rotatable bonds is 7. The third-order valence-corrected chi connectivity index (χ3v) is 7.06. The Morgan fingerprint density at radius 1 is 1.05 bits per heavy atom. The summed E-state index contributed by atoms with van der Waals surface area (Å²) in [5.41, 5.74) is 3.35. The van der Waals surface area contributed by atoms with Crippen molar-refractivity contribution >= 4 is 23.2 Å². The van der Waals surface area contributed by atoms with Crippen LogP contribution in [0.1, 0.15) is 29.4 Å². The molecule has 2 atom stereocenters. The highest BCUT2D eigenvalue weighted by molar-refractivity contribution is 6.08. The SMILES string of the molecule is COc1ccc(-n2nc(OC)c3c2C(=O)N(c2ccc(NC(=O)C(C)N4CCC(O)C4)cc2)CC3)cc1. The lowest BCUT2D eigenvalue weighted by atomic mass is 10.0. The van der Waals surface area contributed by atoms with Gasteiger partial charge in [0.2, 0.25) is 11.8 Å². The Bertz CT molecular complexity index is 1290. The highest BCUT2D eigenvalue weighted by Crippen LogP contribution is 2.32. The summed E-state index contributed by atoms with van der Waals surface area (Å²) in [5, 5.41) is 17.2. The van der Waals surface area contributed by atoms with Gasteiger partial charge in [0.25, 0.3) is 5.91 Å². The van der Waals surface area contributed by atoms with Gasteiger partial charge in [-0.25, -0.2) is 4.68 Å². The topological polar surface area (TPSA) is 109 Å². The van der Waals surface area contributed by atoms with Gasteiger partial charge in [0.1, 0.15) is 11.4 Å². The zero-order chi connectivity index (χ0) is 26.1. The second-order valence-electron chi connectivity index (χ2n) is 9.30. The van der Waals surface area contributed by atoms with Crippen molar-refractivity contribution in [2.24, 2.45) is 0 Å². The number of hydrogen-bond acceptors (Lipinski definition) is 7. The van der Waals surface area contributed by atoms with E-state index in [1.165, 1.54) is 0 Å². The van der Waals surface area contributed by atoms with E-state index >= 15 is 0 Å². The van der Waals surface area contributed by atoms with Gasteiger partial charge in [-0.3, -0.25) is 14.5 Å². The molecule has 0 saturated carbocycles. The van der Waals surface area contributed by atoms with Gasteiger partial charge in [-0.15, -0.1) is 5.10 Å². The van der Waals surface area contributed by atoms with E-state index < -0.39 is 0 Å². The minimum Gasteiger partial charge on any atom is -0.497 e. The lowest BCUT2D eigenvalue weighted by molar-refractivity contribution is -0.120. The van der Waals surface area contributed by atoms with E-state index in [1.807, 2.05) is 48.2 Å². The molecule has 0 spiro atoms. The van der Waals surface area contributed by atoms with E-state index in [0.29, 0.717) is 55.5 Å². The predicted molar refractivity (Wildman–Crippen MR) is 139 cm³/mol. The molecule has 0 radical (unpaired) electrons. The number of hydrogen-bond donors (Lipinski definition) is 2. The molecular weight excluding hydrogens is 474 g/mol. The van der Waals surface area contributed by atoms with Crippen LogP contribution in [-0.4, -0.2) is 77.6 Å². The largest absolute Gasteiger partial charge is 0.497 e. The lowest BCUT2D eigenvalue weighted by Gasteiger charge is -2.28. The number of anilines is 2. The van der Waals surface area contributed by atoms with Crippen LogP contribution in [0.3, 0.4) is 0 Å². The zero-order valence-electron chi connectivity index (χ0n) is 21.2. The molecule has 10 nitrogen and oxygen atoms in total. The second kappa shape index (κ2) is 10.2. The van der Waals surface area contributed by atoms with Gasteiger partial charge in [0, 0.05) is 36.6 Å². The summed E-state index contributed by atoms with van der Waals surface area (Å²) in [6.45, 7) is 3.53. The maximum absolute atomic E-state index is 13.7. The Balaban J connectivity index is 1.34. The highest BCUT2D eigenvalue weighted by atomic mass is 16.5. The first-order valence-electron chi connectivity index (χ1n) is 12.3. The van der Waals surface area contributed by atoms with Gasteiger partial charge in [-0.1, -0.05) is 0 Å². The molecule has 2 aliphatic rings. The number of nitrogens with one attached hydrogen (secondary N) is 1. The summed E-state index contributed by atoms with van der Waals surface area (Å²) in [4.78, 5) is 30.1. The molecule has 3 aromatic rings.